The quantitative estimate of drug-likeness (QED) is 0.157. The van der Waals surface area contributed by atoms with Gasteiger partial charge < -0.3 is 10.2 Å². The number of carbonyl (C=O) groups excluding carboxylic acids is 2. The van der Waals surface area contributed by atoms with Crippen LogP contribution in [-0.4, -0.2) is 44.3 Å². The maximum absolute atomic E-state index is 15.2. The van der Waals surface area contributed by atoms with E-state index in [2.05, 4.69) is 5.32 Å². The standard InChI is InChI=1S/C35H37ClFN3O4S/c1-3-4-21-38-35(42)33(23-27-11-6-5-7-12-27)39(24-28-13-10-14-29(36)22-28)34(41)25-40(32-16-9-8-15-31(32)37)45(43,44)30-19-17-26(2)18-20-30/h5-20,22,33H,3-4,21,23-25H2,1-2H3,(H,38,42)/t33-/m0/s1. The number of rotatable bonds is 14. The Hall–Kier alpha value is -4.21. The second kappa shape index (κ2) is 15.7. The highest BCUT2D eigenvalue weighted by atomic mass is 35.5. The Kier molecular flexibility index (Phi) is 11.7. The predicted octanol–water partition coefficient (Wildman–Crippen LogP) is 6.54. The van der Waals surface area contributed by atoms with Gasteiger partial charge in [0, 0.05) is 24.5 Å². The number of nitrogens with one attached hydrogen (secondary N) is 1. The van der Waals surface area contributed by atoms with Crippen LogP contribution >= 0.6 is 11.6 Å². The largest absolute Gasteiger partial charge is 0.354 e. The van der Waals surface area contributed by atoms with Gasteiger partial charge in [-0.3, -0.25) is 13.9 Å². The van der Waals surface area contributed by atoms with Gasteiger partial charge in [0.1, 0.15) is 18.4 Å². The number of amides is 2. The van der Waals surface area contributed by atoms with Crippen molar-refractivity contribution in [3.05, 3.63) is 131 Å². The summed E-state index contributed by atoms with van der Waals surface area (Å²) in [6.45, 7) is 3.47. The molecule has 4 aromatic rings. The van der Waals surface area contributed by atoms with Crippen molar-refractivity contribution in [3.8, 4) is 0 Å². The number of hydrogen-bond acceptors (Lipinski definition) is 4. The summed E-state index contributed by atoms with van der Waals surface area (Å²) in [6, 6.07) is 26.7. The van der Waals surface area contributed by atoms with Crippen molar-refractivity contribution in [2.24, 2.45) is 0 Å². The van der Waals surface area contributed by atoms with Crippen molar-refractivity contribution in [1.82, 2.24) is 10.2 Å². The summed E-state index contributed by atoms with van der Waals surface area (Å²) in [5.41, 5.74) is 2.03. The molecule has 0 saturated carbocycles. The summed E-state index contributed by atoms with van der Waals surface area (Å²) in [5, 5.41) is 3.39. The van der Waals surface area contributed by atoms with E-state index < -0.39 is 34.3 Å². The van der Waals surface area contributed by atoms with E-state index in [0.29, 0.717) is 17.1 Å². The summed E-state index contributed by atoms with van der Waals surface area (Å²) >= 11 is 6.27. The van der Waals surface area contributed by atoms with E-state index in [4.69, 9.17) is 11.6 Å². The van der Waals surface area contributed by atoms with Gasteiger partial charge in [-0.1, -0.05) is 97.2 Å². The molecule has 0 heterocycles. The number of nitrogens with zero attached hydrogens (tertiary/aromatic N) is 2. The smallest absolute Gasteiger partial charge is 0.264 e. The fraction of sp³-hybridized carbons (Fsp3) is 0.257. The molecule has 0 fully saturated rings. The van der Waals surface area contributed by atoms with Crippen LogP contribution in [0.5, 0.6) is 0 Å². The summed E-state index contributed by atoms with van der Waals surface area (Å²) in [6.07, 6.45) is 1.79. The molecule has 4 aromatic carbocycles. The number of unbranched alkanes of at least 4 members (excludes halogenated alkanes) is 1. The van der Waals surface area contributed by atoms with Crippen molar-refractivity contribution in [2.45, 2.75) is 50.6 Å². The minimum absolute atomic E-state index is 0.0339. The average molecular weight is 650 g/mol. The molecule has 0 spiro atoms. The molecule has 0 aliphatic rings. The summed E-state index contributed by atoms with van der Waals surface area (Å²) in [4.78, 5) is 29.4. The molecule has 236 valence electrons. The molecule has 10 heteroatoms. The highest BCUT2D eigenvalue weighted by Crippen LogP contribution is 2.27. The van der Waals surface area contributed by atoms with E-state index in [1.807, 2.05) is 44.2 Å². The first kappa shape index (κ1) is 33.7. The maximum atomic E-state index is 15.2. The number of carbonyl (C=O) groups is 2. The van der Waals surface area contributed by atoms with E-state index >= 15 is 4.39 Å². The Bertz CT molecular complexity index is 1700. The van der Waals surface area contributed by atoms with Gasteiger partial charge >= 0.3 is 0 Å². The van der Waals surface area contributed by atoms with Crippen LogP contribution in [0.4, 0.5) is 10.1 Å². The molecule has 0 unspecified atom stereocenters. The minimum atomic E-state index is -4.40. The topological polar surface area (TPSA) is 86.8 Å². The lowest BCUT2D eigenvalue weighted by Gasteiger charge is -2.34. The van der Waals surface area contributed by atoms with E-state index in [0.717, 1.165) is 34.3 Å². The second-order valence-electron chi connectivity index (χ2n) is 10.8. The van der Waals surface area contributed by atoms with Crippen LogP contribution in [0.3, 0.4) is 0 Å². The average Bonchev–Trinajstić information content (AvgIpc) is 3.02. The van der Waals surface area contributed by atoms with Crippen LogP contribution in [0, 0.1) is 12.7 Å². The van der Waals surface area contributed by atoms with Crippen LogP contribution in [0.25, 0.3) is 0 Å². The van der Waals surface area contributed by atoms with E-state index in [1.54, 1.807) is 36.4 Å². The van der Waals surface area contributed by atoms with E-state index in [1.165, 1.54) is 35.2 Å². The van der Waals surface area contributed by atoms with Crippen molar-refractivity contribution < 1.29 is 22.4 Å². The van der Waals surface area contributed by atoms with Gasteiger partial charge in [-0.2, -0.15) is 0 Å². The molecule has 0 radical (unpaired) electrons. The van der Waals surface area contributed by atoms with Crippen LogP contribution in [0.1, 0.15) is 36.5 Å². The molecule has 1 N–H and O–H groups in total. The lowest BCUT2D eigenvalue weighted by Crippen LogP contribution is -2.53. The number of halogens is 2. The molecule has 0 bridgehead atoms. The number of benzene rings is 4. The molecule has 1 atom stereocenters. The van der Waals surface area contributed by atoms with Crippen LogP contribution in [0.15, 0.2) is 108 Å². The highest BCUT2D eigenvalue weighted by Gasteiger charge is 2.35. The third-order valence-corrected chi connectivity index (χ3v) is 9.36. The van der Waals surface area contributed by atoms with Gasteiger partial charge in [0.25, 0.3) is 10.0 Å². The zero-order valence-electron chi connectivity index (χ0n) is 25.3. The second-order valence-corrected chi connectivity index (χ2v) is 13.1. The van der Waals surface area contributed by atoms with E-state index in [9.17, 15) is 18.0 Å². The van der Waals surface area contributed by atoms with Crippen molar-refractivity contribution in [3.63, 3.8) is 0 Å². The molecule has 0 saturated heterocycles. The zero-order chi connectivity index (χ0) is 32.4. The van der Waals surface area contributed by atoms with Gasteiger partial charge in [0.2, 0.25) is 11.8 Å². The number of para-hydroxylation sites is 1. The van der Waals surface area contributed by atoms with Gasteiger partial charge in [-0.15, -0.1) is 0 Å². The molecule has 45 heavy (non-hydrogen) atoms. The number of aryl methyl sites for hydroxylation is 1. The molecular weight excluding hydrogens is 613 g/mol. The molecule has 0 aliphatic heterocycles. The molecular formula is C35H37ClFN3O4S. The van der Waals surface area contributed by atoms with Crippen molar-refractivity contribution in [1.29, 1.82) is 0 Å². The van der Waals surface area contributed by atoms with Gasteiger partial charge in [-0.05, 0) is 60.9 Å². The summed E-state index contributed by atoms with van der Waals surface area (Å²) in [5.74, 6) is -1.86. The predicted molar refractivity (Wildman–Crippen MR) is 176 cm³/mol. The summed E-state index contributed by atoms with van der Waals surface area (Å²) in [7, 11) is -4.40. The zero-order valence-corrected chi connectivity index (χ0v) is 26.9. The minimum Gasteiger partial charge on any atom is -0.354 e. The molecule has 7 nitrogen and oxygen atoms in total. The molecule has 4 rings (SSSR count). The van der Waals surface area contributed by atoms with Crippen molar-refractivity contribution >= 4 is 39.1 Å². The monoisotopic (exact) mass is 649 g/mol. The maximum Gasteiger partial charge on any atom is 0.264 e. The fourth-order valence-electron chi connectivity index (χ4n) is 4.90. The lowest BCUT2D eigenvalue weighted by atomic mass is 10.0. The van der Waals surface area contributed by atoms with Crippen LogP contribution < -0.4 is 9.62 Å². The Labute approximate surface area is 269 Å². The number of sulfonamides is 1. The SMILES string of the molecule is CCCCNC(=O)[C@H](Cc1ccccc1)N(Cc1cccc(Cl)c1)C(=O)CN(c1ccccc1F)S(=O)(=O)c1ccc(C)cc1. The molecule has 0 aromatic heterocycles. The first-order valence-electron chi connectivity index (χ1n) is 14.8. The van der Waals surface area contributed by atoms with Crippen LogP contribution in [-0.2, 0) is 32.6 Å². The highest BCUT2D eigenvalue weighted by molar-refractivity contribution is 7.92. The summed E-state index contributed by atoms with van der Waals surface area (Å²) < 4.78 is 44.0. The number of anilines is 1. The Morgan fingerprint density at radius 1 is 0.889 bits per heavy atom. The molecule has 2 amide bonds. The lowest BCUT2D eigenvalue weighted by molar-refractivity contribution is -0.140. The van der Waals surface area contributed by atoms with Gasteiger partial charge in [-0.25, -0.2) is 12.8 Å². The van der Waals surface area contributed by atoms with Crippen LogP contribution in [0.2, 0.25) is 5.02 Å². The Balaban J connectivity index is 1.80. The first-order chi connectivity index (χ1) is 21.6. The van der Waals surface area contributed by atoms with E-state index in [-0.39, 0.29) is 29.5 Å². The third-order valence-electron chi connectivity index (χ3n) is 7.35. The third kappa shape index (κ3) is 8.93. The van der Waals surface area contributed by atoms with Gasteiger partial charge in [0.15, 0.2) is 0 Å². The number of hydrogen-bond donors (Lipinski definition) is 1. The Morgan fingerprint density at radius 2 is 1.56 bits per heavy atom. The Morgan fingerprint density at radius 3 is 2.22 bits per heavy atom. The first-order valence-corrected chi connectivity index (χ1v) is 16.6. The fourth-order valence-corrected chi connectivity index (χ4v) is 6.53. The molecule has 0 aliphatic carbocycles. The van der Waals surface area contributed by atoms with Gasteiger partial charge in [0.05, 0.1) is 10.6 Å². The normalized spacial score (nSPS) is 11.9. The van der Waals surface area contributed by atoms with Crippen molar-refractivity contribution in [2.75, 3.05) is 17.4 Å².